The van der Waals surface area contributed by atoms with Crippen molar-refractivity contribution in [1.82, 2.24) is 4.90 Å². The number of aliphatic hydroxyl groups is 1. The number of carbonyl (C=O) groups is 1. The van der Waals surface area contributed by atoms with Crippen LogP contribution in [-0.2, 0) is 4.79 Å². The molecule has 0 radical (unpaired) electrons. The van der Waals surface area contributed by atoms with Crippen LogP contribution in [0.3, 0.4) is 0 Å². The average molecular weight is 286 g/mol. The van der Waals surface area contributed by atoms with Crippen LogP contribution in [-0.4, -0.2) is 34.6 Å². The van der Waals surface area contributed by atoms with E-state index >= 15 is 0 Å². The third-order valence-corrected chi connectivity index (χ3v) is 3.81. The molecule has 0 bridgehead atoms. The normalized spacial score (nSPS) is 20.1. The zero-order valence-electron chi connectivity index (χ0n) is 10.5. The average Bonchev–Trinajstić information content (AvgIpc) is 2.46. The van der Waals surface area contributed by atoms with E-state index in [9.17, 15) is 14.3 Å². The van der Waals surface area contributed by atoms with Crippen molar-refractivity contribution in [3.05, 3.63) is 35.9 Å². The fraction of sp³-hybridized carbons (Fsp3) is 0.500. The Morgan fingerprint density at radius 1 is 1.32 bits per heavy atom. The maximum Gasteiger partial charge on any atom is 0.272 e. The minimum atomic E-state index is -1.96. The highest BCUT2D eigenvalue weighted by atomic mass is 35.5. The number of amides is 1. The SMILES string of the molecule is O=C(C(F)Cl)N1CCC(C(O)c2ccccc2)CC1. The van der Waals surface area contributed by atoms with Crippen molar-refractivity contribution < 1.29 is 14.3 Å². The number of piperidine rings is 1. The number of halogens is 2. The van der Waals surface area contributed by atoms with Crippen molar-refractivity contribution in [3.8, 4) is 0 Å². The van der Waals surface area contributed by atoms with E-state index in [4.69, 9.17) is 11.6 Å². The van der Waals surface area contributed by atoms with Crippen LogP contribution in [0.2, 0.25) is 0 Å². The summed E-state index contributed by atoms with van der Waals surface area (Å²) in [6, 6.07) is 9.45. The first-order chi connectivity index (χ1) is 9.09. The number of carbonyl (C=O) groups excluding carboxylic acids is 1. The zero-order valence-corrected chi connectivity index (χ0v) is 11.3. The number of hydrogen-bond acceptors (Lipinski definition) is 2. The Balaban J connectivity index is 1.91. The fourth-order valence-corrected chi connectivity index (χ4v) is 2.63. The monoisotopic (exact) mass is 285 g/mol. The summed E-state index contributed by atoms with van der Waals surface area (Å²) in [5.74, 6) is -0.575. The first-order valence-electron chi connectivity index (χ1n) is 6.39. The standard InChI is InChI=1S/C14H17ClFNO2/c15-13(16)14(19)17-8-6-11(7-9-17)12(18)10-4-2-1-3-5-10/h1-5,11-13,18H,6-9H2. The number of aliphatic hydroxyl groups excluding tert-OH is 1. The van der Waals surface area contributed by atoms with Gasteiger partial charge in [-0.3, -0.25) is 4.79 Å². The van der Waals surface area contributed by atoms with Gasteiger partial charge in [0.2, 0.25) is 0 Å². The molecule has 2 unspecified atom stereocenters. The molecule has 104 valence electrons. The van der Waals surface area contributed by atoms with Crippen LogP contribution < -0.4 is 0 Å². The van der Waals surface area contributed by atoms with Crippen molar-refractivity contribution in [2.75, 3.05) is 13.1 Å². The van der Waals surface area contributed by atoms with Gasteiger partial charge in [-0.1, -0.05) is 41.9 Å². The number of alkyl halides is 2. The van der Waals surface area contributed by atoms with Gasteiger partial charge in [0, 0.05) is 13.1 Å². The highest BCUT2D eigenvalue weighted by Gasteiger charge is 2.30. The number of nitrogens with zero attached hydrogens (tertiary/aromatic N) is 1. The Bertz CT molecular complexity index is 419. The van der Waals surface area contributed by atoms with Gasteiger partial charge in [-0.15, -0.1) is 0 Å². The summed E-state index contributed by atoms with van der Waals surface area (Å²) in [5.41, 5.74) is -1.08. The number of hydrogen-bond donors (Lipinski definition) is 1. The van der Waals surface area contributed by atoms with Crippen molar-refractivity contribution in [2.24, 2.45) is 5.92 Å². The lowest BCUT2D eigenvalue weighted by atomic mass is 9.87. The number of likely N-dealkylation sites (tertiary alicyclic amines) is 1. The van der Waals surface area contributed by atoms with Gasteiger partial charge in [-0.25, -0.2) is 4.39 Å². The molecule has 1 aromatic rings. The lowest BCUT2D eigenvalue weighted by Crippen LogP contribution is -2.42. The van der Waals surface area contributed by atoms with Crippen LogP contribution in [0.25, 0.3) is 0 Å². The molecule has 0 aliphatic carbocycles. The van der Waals surface area contributed by atoms with Crippen molar-refractivity contribution in [2.45, 2.75) is 24.6 Å². The topological polar surface area (TPSA) is 40.5 Å². The molecule has 5 heteroatoms. The lowest BCUT2D eigenvalue weighted by molar-refractivity contribution is -0.135. The molecule has 19 heavy (non-hydrogen) atoms. The molecule has 1 N–H and O–H groups in total. The molecule has 2 rings (SSSR count). The first kappa shape index (κ1) is 14.3. The molecule has 0 aromatic heterocycles. The van der Waals surface area contributed by atoms with Crippen LogP contribution in [0.15, 0.2) is 30.3 Å². The molecule has 3 nitrogen and oxygen atoms in total. The second-order valence-electron chi connectivity index (χ2n) is 4.82. The Labute approximate surface area is 117 Å². The van der Waals surface area contributed by atoms with Gasteiger partial charge in [0.15, 0.2) is 0 Å². The van der Waals surface area contributed by atoms with E-state index in [-0.39, 0.29) is 5.92 Å². The highest BCUT2D eigenvalue weighted by Crippen LogP contribution is 2.30. The molecule has 1 saturated heterocycles. The third kappa shape index (κ3) is 3.45. The van der Waals surface area contributed by atoms with Crippen LogP contribution in [0.4, 0.5) is 4.39 Å². The predicted octanol–water partition coefficient (Wildman–Crippen LogP) is 2.49. The second kappa shape index (κ2) is 6.35. The molecule has 1 fully saturated rings. The molecule has 1 aliphatic heterocycles. The summed E-state index contributed by atoms with van der Waals surface area (Å²) in [6.45, 7) is 0.890. The molecule has 0 saturated carbocycles. The zero-order chi connectivity index (χ0) is 13.8. The Morgan fingerprint density at radius 2 is 1.89 bits per heavy atom. The quantitative estimate of drug-likeness (QED) is 0.867. The fourth-order valence-electron chi connectivity index (χ4n) is 2.50. The molecule has 1 aromatic carbocycles. The van der Waals surface area contributed by atoms with Gasteiger partial charge in [-0.05, 0) is 24.3 Å². The van der Waals surface area contributed by atoms with Gasteiger partial charge in [-0.2, -0.15) is 0 Å². The molecular weight excluding hydrogens is 269 g/mol. The highest BCUT2D eigenvalue weighted by molar-refractivity contribution is 6.29. The summed E-state index contributed by atoms with van der Waals surface area (Å²) in [4.78, 5) is 12.8. The van der Waals surface area contributed by atoms with E-state index in [1.165, 1.54) is 4.90 Å². The van der Waals surface area contributed by atoms with Gasteiger partial charge in [0.25, 0.3) is 11.5 Å². The maximum absolute atomic E-state index is 12.7. The molecular formula is C14H17ClFNO2. The molecule has 1 amide bonds. The molecule has 0 spiro atoms. The predicted molar refractivity (Wildman–Crippen MR) is 71.5 cm³/mol. The lowest BCUT2D eigenvalue weighted by Gasteiger charge is -2.34. The Hall–Kier alpha value is -1.13. The van der Waals surface area contributed by atoms with E-state index in [1.807, 2.05) is 30.3 Å². The molecule has 1 heterocycles. The van der Waals surface area contributed by atoms with E-state index < -0.39 is 17.6 Å². The maximum atomic E-state index is 12.7. The van der Waals surface area contributed by atoms with Gasteiger partial charge in [0.05, 0.1) is 6.10 Å². The van der Waals surface area contributed by atoms with Crippen molar-refractivity contribution >= 4 is 17.5 Å². The Morgan fingerprint density at radius 3 is 2.42 bits per heavy atom. The minimum Gasteiger partial charge on any atom is -0.388 e. The summed E-state index contributed by atoms with van der Waals surface area (Å²) in [6.07, 6.45) is 0.784. The van der Waals surface area contributed by atoms with Gasteiger partial charge >= 0.3 is 0 Å². The van der Waals surface area contributed by atoms with E-state index in [2.05, 4.69) is 0 Å². The van der Waals surface area contributed by atoms with Crippen LogP contribution in [0.5, 0.6) is 0 Å². The summed E-state index contributed by atoms with van der Waals surface area (Å²) >= 11 is 5.15. The summed E-state index contributed by atoms with van der Waals surface area (Å²) in [5, 5.41) is 10.3. The second-order valence-corrected chi connectivity index (χ2v) is 5.20. The van der Waals surface area contributed by atoms with E-state index in [0.717, 1.165) is 5.56 Å². The van der Waals surface area contributed by atoms with E-state index in [0.29, 0.717) is 25.9 Å². The third-order valence-electron chi connectivity index (χ3n) is 3.63. The van der Waals surface area contributed by atoms with Gasteiger partial charge in [0.1, 0.15) is 0 Å². The van der Waals surface area contributed by atoms with Gasteiger partial charge < -0.3 is 10.0 Å². The van der Waals surface area contributed by atoms with Crippen LogP contribution >= 0.6 is 11.6 Å². The Kier molecular flexibility index (Phi) is 4.77. The molecule has 1 aliphatic rings. The first-order valence-corrected chi connectivity index (χ1v) is 6.83. The van der Waals surface area contributed by atoms with E-state index in [1.54, 1.807) is 0 Å². The summed E-state index contributed by atoms with van der Waals surface area (Å²) < 4.78 is 12.7. The van der Waals surface area contributed by atoms with Crippen LogP contribution in [0.1, 0.15) is 24.5 Å². The smallest absolute Gasteiger partial charge is 0.272 e. The summed E-state index contributed by atoms with van der Waals surface area (Å²) in [7, 11) is 0. The minimum absolute atomic E-state index is 0.0971. The largest absolute Gasteiger partial charge is 0.388 e. The molecule has 2 atom stereocenters. The number of benzene rings is 1. The number of rotatable bonds is 3. The van der Waals surface area contributed by atoms with Crippen molar-refractivity contribution in [1.29, 1.82) is 0 Å². The van der Waals surface area contributed by atoms with Crippen molar-refractivity contribution in [3.63, 3.8) is 0 Å². The van der Waals surface area contributed by atoms with Crippen LogP contribution in [0, 0.1) is 5.92 Å².